The molecule has 0 aromatic carbocycles. The Labute approximate surface area is 151 Å². The molecular formula is C18H30N2O4Si. The Morgan fingerprint density at radius 3 is 2.76 bits per heavy atom. The van der Waals surface area contributed by atoms with Crippen LogP contribution < -0.4 is 11.2 Å². The zero-order chi connectivity index (χ0) is 19.3. The van der Waals surface area contributed by atoms with Crippen molar-refractivity contribution in [3.63, 3.8) is 0 Å². The Morgan fingerprint density at radius 1 is 1.40 bits per heavy atom. The average Bonchev–Trinajstić information content (AvgIpc) is 2.85. The minimum absolute atomic E-state index is 0.0498. The number of aromatic amines is 1. The monoisotopic (exact) mass is 367 g/mol. The second kappa shape index (κ2) is 6.21. The maximum Gasteiger partial charge on any atom is 0.330 e. The number of H-pyrrole nitrogens is 1. The van der Waals surface area contributed by atoms with E-state index in [1.54, 1.807) is 0 Å². The standard InChI is InChI=1S/C18H30N2O4Si/c1-17(2,3)25(4,5)24-18-10-7-6-8-13(18)23-15(12-18)20-11-9-14(21)19-16(20)22/h9,11,13,15H,6-8,10,12H2,1-5H3,(H,19,21,22)/t13-,15+,18+/m0/s1/i8D/t8-,13+,15-,18-/m1. The molecule has 1 saturated carbocycles. The zero-order valence-corrected chi connectivity index (χ0v) is 16.8. The summed E-state index contributed by atoms with van der Waals surface area (Å²) in [5.41, 5.74) is -1.44. The summed E-state index contributed by atoms with van der Waals surface area (Å²) in [5, 5.41) is 0.0498. The van der Waals surface area contributed by atoms with Crippen molar-refractivity contribution in [3.05, 3.63) is 33.1 Å². The second-order valence-electron chi connectivity index (χ2n) is 8.79. The first kappa shape index (κ1) is 17.2. The van der Waals surface area contributed by atoms with E-state index in [1.165, 1.54) is 16.8 Å². The van der Waals surface area contributed by atoms with Gasteiger partial charge in [-0.05, 0) is 30.9 Å². The largest absolute Gasteiger partial charge is 0.409 e. The molecule has 25 heavy (non-hydrogen) atoms. The number of hydrogen-bond donors (Lipinski definition) is 1. The molecule has 1 N–H and O–H groups in total. The van der Waals surface area contributed by atoms with Crippen molar-refractivity contribution < 1.29 is 10.5 Å². The Bertz CT molecular complexity index is 784. The van der Waals surface area contributed by atoms with Gasteiger partial charge in [-0.3, -0.25) is 14.3 Å². The Hall–Kier alpha value is -1.18. The van der Waals surface area contributed by atoms with Crippen LogP contribution in [-0.4, -0.2) is 29.6 Å². The van der Waals surface area contributed by atoms with Crippen LogP contribution in [-0.2, 0) is 9.16 Å². The minimum Gasteiger partial charge on any atom is -0.409 e. The van der Waals surface area contributed by atoms with E-state index >= 15 is 0 Å². The Morgan fingerprint density at radius 2 is 2.12 bits per heavy atom. The van der Waals surface area contributed by atoms with Crippen molar-refractivity contribution >= 4 is 8.32 Å². The van der Waals surface area contributed by atoms with Crippen molar-refractivity contribution in [1.29, 1.82) is 0 Å². The molecule has 1 aromatic rings. The molecule has 2 heterocycles. The molecule has 1 aromatic heterocycles. The number of hydrogen-bond acceptors (Lipinski definition) is 4. The second-order valence-corrected chi connectivity index (χ2v) is 13.5. The topological polar surface area (TPSA) is 73.3 Å². The van der Waals surface area contributed by atoms with E-state index in [1.807, 2.05) is 0 Å². The fourth-order valence-corrected chi connectivity index (χ4v) is 5.19. The van der Waals surface area contributed by atoms with Gasteiger partial charge >= 0.3 is 5.69 Å². The summed E-state index contributed by atoms with van der Waals surface area (Å²) in [7, 11) is -2.08. The van der Waals surface area contributed by atoms with Gasteiger partial charge in [0.05, 0.1) is 11.7 Å². The molecule has 6 nitrogen and oxygen atoms in total. The summed E-state index contributed by atoms with van der Waals surface area (Å²) in [6, 6.07) is 1.33. The fraction of sp³-hybridized carbons (Fsp3) is 0.778. The molecule has 2 fully saturated rings. The van der Waals surface area contributed by atoms with Gasteiger partial charge < -0.3 is 9.16 Å². The van der Waals surface area contributed by atoms with Crippen LogP contribution in [0.4, 0.5) is 0 Å². The number of rotatable bonds is 3. The van der Waals surface area contributed by atoms with Gasteiger partial charge in [0, 0.05) is 20.1 Å². The molecule has 2 aliphatic rings. The average molecular weight is 368 g/mol. The van der Waals surface area contributed by atoms with Gasteiger partial charge in [0.1, 0.15) is 6.23 Å². The van der Waals surface area contributed by atoms with Crippen LogP contribution in [0.5, 0.6) is 0 Å². The molecule has 1 aliphatic carbocycles. The molecule has 140 valence electrons. The predicted molar refractivity (Wildman–Crippen MR) is 99.3 cm³/mol. The van der Waals surface area contributed by atoms with Crippen LogP contribution in [0.15, 0.2) is 21.9 Å². The van der Waals surface area contributed by atoms with Crippen LogP contribution in [0, 0.1) is 0 Å². The third kappa shape index (κ3) is 3.41. The summed E-state index contributed by atoms with van der Waals surface area (Å²) in [6.07, 6.45) is 3.32. The zero-order valence-electron chi connectivity index (χ0n) is 16.8. The lowest BCUT2D eigenvalue weighted by molar-refractivity contribution is -0.0739. The molecule has 1 saturated heterocycles. The number of aromatic nitrogens is 2. The van der Waals surface area contributed by atoms with Gasteiger partial charge in [0.15, 0.2) is 8.32 Å². The van der Waals surface area contributed by atoms with Crippen molar-refractivity contribution in [2.24, 2.45) is 0 Å². The first-order valence-corrected chi connectivity index (χ1v) is 12.0. The van der Waals surface area contributed by atoms with Gasteiger partial charge in [-0.1, -0.05) is 33.6 Å². The number of ether oxygens (including phenoxy) is 1. The Balaban J connectivity index is 1.97. The summed E-state index contributed by atoms with van der Waals surface area (Å²) < 4.78 is 23.0. The van der Waals surface area contributed by atoms with Gasteiger partial charge in [0.25, 0.3) is 5.56 Å². The lowest BCUT2D eigenvalue weighted by atomic mass is 9.81. The molecule has 0 unspecified atom stereocenters. The highest BCUT2D eigenvalue weighted by atomic mass is 28.4. The van der Waals surface area contributed by atoms with E-state index in [2.05, 4.69) is 38.8 Å². The first-order valence-electron chi connectivity index (χ1n) is 9.62. The molecule has 4 atom stereocenters. The summed E-state index contributed by atoms with van der Waals surface area (Å²) >= 11 is 0. The van der Waals surface area contributed by atoms with Gasteiger partial charge in [-0.25, -0.2) is 4.79 Å². The summed E-state index contributed by atoms with van der Waals surface area (Å²) in [4.78, 5) is 25.9. The lowest BCUT2D eigenvalue weighted by Crippen LogP contribution is -2.54. The van der Waals surface area contributed by atoms with Crippen molar-refractivity contribution in [2.75, 3.05) is 0 Å². The van der Waals surface area contributed by atoms with E-state index in [0.29, 0.717) is 6.42 Å². The third-order valence-corrected chi connectivity index (χ3v) is 10.5. The third-order valence-electron chi connectivity index (χ3n) is 5.95. The van der Waals surface area contributed by atoms with E-state index in [-0.39, 0.29) is 17.5 Å². The lowest BCUT2D eigenvalue weighted by Gasteiger charge is -2.47. The van der Waals surface area contributed by atoms with Crippen molar-refractivity contribution in [2.45, 2.75) is 88.9 Å². The Kier molecular flexibility index (Phi) is 4.28. The number of fused-ring (bicyclic) bond motifs is 1. The highest BCUT2D eigenvalue weighted by Gasteiger charge is 2.55. The van der Waals surface area contributed by atoms with Crippen LogP contribution >= 0.6 is 0 Å². The minimum atomic E-state index is -2.08. The van der Waals surface area contributed by atoms with Crippen LogP contribution in [0.2, 0.25) is 18.1 Å². The predicted octanol–water partition coefficient (Wildman–Crippen LogP) is 3.16. The quantitative estimate of drug-likeness (QED) is 0.833. The normalized spacial score (nSPS) is 33.8. The van der Waals surface area contributed by atoms with Crippen molar-refractivity contribution in [3.8, 4) is 0 Å². The van der Waals surface area contributed by atoms with Crippen LogP contribution in [0.1, 0.15) is 60.5 Å². The van der Waals surface area contributed by atoms with Crippen LogP contribution in [0.3, 0.4) is 0 Å². The van der Waals surface area contributed by atoms with E-state index in [9.17, 15) is 9.59 Å². The highest BCUT2D eigenvalue weighted by Crippen LogP contribution is 2.51. The van der Waals surface area contributed by atoms with Gasteiger partial charge in [0.2, 0.25) is 0 Å². The maximum atomic E-state index is 12.2. The summed E-state index contributed by atoms with van der Waals surface area (Å²) in [5.74, 6) is 0. The number of nitrogens with one attached hydrogen (secondary N) is 1. The molecule has 1 aliphatic heterocycles. The first-order chi connectivity index (χ1) is 12.0. The molecule has 7 heteroatoms. The smallest absolute Gasteiger partial charge is 0.330 e. The number of nitrogens with zero attached hydrogens (tertiary/aromatic N) is 1. The molecule has 0 radical (unpaired) electrons. The molecule has 0 bridgehead atoms. The fourth-order valence-electron chi connectivity index (χ4n) is 3.57. The maximum absolute atomic E-state index is 12.2. The molecule has 0 amide bonds. The van der Waals surface area contributed by atoms with E-state index in [0.717, 1.165) is 19.3 Å². The molecular weight excluding hydrogens is 336 g/mol. The highest BCUT2D eigenvalue weighted by molar-refractivity contribution is 6.74. The van der Waals surface area contributed by atoms with Gasteiger partial charge in [-0.15, -0.1) is 0 Å². The SMILES string of the molecule is [2H][C@@H]1CCC[C@@]2(O[Si](C)(C)C(C)(C)C)C[C@H](n3ccc(=O)[nH]c3=O)O[C@@H]12. The van der Waals surface area contributed by atoms with E-state index in [4.69, 9.17) is 10.5 Å². The molecule has 0 spiro atoms. The van der Waals surface area contributed by atoms with Crippen LogP contribution in [0.25, 0.3) is 0 Å². The van der Waals surface area contributed by atoms with E-state index < -0.39 is 31.4 Å². The van der Waals surface area contributed by atoms with Gasteiger partial charge in [-0.2, -0.15) is 0 Å². The molecule has 3 rings (SSSR count). The van der Waals surface area contributed by atoms with Crippen molar-refractivity contribution in [1.82, 2.24) is 9.55 Å². The summed E-state index contributed by atoms with van der Waals surface area (Å²) in [6.45, 7) is 11.0.